The van der Waals surface area contributed by atoms with E-state index in [9.17, 15) is 8.78 Å². The summed E-state index contributed by atoms with van der Waals surface area (Å²) in [6, 6.07) is -0.564. The molecule has 2 fully saturated rings. The summed E-state index contributed by atoms with van der Waals surface area (Å²) in [6.45, 7) is 10.2. The first-order chi connectivity index (χ1) is 8.63. The van der Waals surface area contributed by atoms with Gasteiger partial charge in [0.1, 0.15) is 0 Å². The first-order valence-corrected chi connectivity index (χ1v) is 7.11. The number of hydrogen-bond donors (Lipinski definition) is 0. The van der Waals surface area contributed by atoms with Gasteiger partial charge in [0, 0.05) is 39.3 Å². The molecule has 2 rings (SSSR count). The van der Waals surface area contributed by atoms with E-state index in [4.69, 9.17) is 0 Å². The van der Waals surface area contributed by atoms with Gasteiger partial charge in [-0.1, -0.05) is 20.8 Å². The van der Waals surface area contributed by atoms with E-state index in [0.29, 0.717) is 32.6 Å². The van der Waals surface area contributed by atoms with Crippen LogP contribution in [0.4, 0.5) is 8.78 Å². The molecular formula is C13H26F2N3Y-. The topological polar surface area (TPSA) is 20.6 Å². The van der Waals surface area contributed by atoms with Gasteiger partial charge in [0.2, 0.25) is 0 Å². The summed E-state index contributed by atoms with van der Waals surface area (Å²) >= 11 is 0. The average Bonchev–Trinajstić information content (AvgIpc) is 2.41. The van der Waals surface area contributed by atoms with Crippen molar-refractivity contribution in [2.75, 3.05) is 45.8 Å². The van der Waals surface area contributed by atoms with Crippen LogP contribution in [-0.4, -0.2) is 67.6 Å². The molecule has 0 spiro atoms. The monoisotopic (exact) mass is 351 g/mol. The van der Waals surface area contributed by atoms with Crippen LogP contribution in [0.25, 0.3) is 5.32 Å². The Bertz CT molecular complexity index is 236. The van der Waals surface area contributed by atoms with Crippen molar-refractivity contribution >= 4 is 0 Å². The van der Waals surface area contributed by atoms with Gasteiger partial charge in [-0.3, -0.25) is 9.80 Å². The van der Waals surface area contributed by atoms with E-state index >= 15 is 0 Å². The Morgan fingerprint density at radius 1 is 1.16 bits per heavy atom. The van der Waals surface area contributed by atoms with Crippen molar-refractivity contribution in [2.24, 2.45) is 0 Å². The van der Waals surface area contributed by atoms with E-state index in [2.05, 4.69) is 5.32 Å². The quantitative estimate of drug-likeness (QED) is 0.762. The minimum atomic E-state index is -2.56. The van der Waals surface area contributed by atoms with Crippen molar-refractivity contribution in [1.82, 2.24) is 9.80 Å². The fourth-order valence-corrected chi connectivity index (χ4v) is 2.65. The van der Waals surface area contributed by atoms with Gasteiger partial charge >= 0.3 is 0 Å². The SMILES string of the molecule is CC.CCN1CCC(N2CC[N-]CC2)C(F)(F)C1.[Y]. The molecule has 0 saturated carbocycles. The Kier molecular flexibility index (Phi) is 10.2. The van der Waals surface area contributed by atoms with E-state index in [1.165, 1.54) is 0 Å². The zero-order valence-corrected chi connectivity index (χ0v) is 15.2. The number of halogens is 2. The third-order valence-corrected chi connectivity index (χ3v) is 3.62. The van der Waals surface area contributed by atoms with Gasteiger partial charge in [0.15, 0.2) is 0 Å². The minimum absolute atomic E-state index is 0. The fraction of sp³-hybridized carbons (Fsp3) is 1.00. The molecule has 6 heteroatoms. The Balaban J connectivity index is 0.00000103. The fourth-order valence-electron chi connectivity index (χ4n) is 2.65. The van der Waals surface area contributed by atoms with Crippen LogP contribution in [0.1, 0.15) is 27.2 Å². The minimum Gasteiger partial charge on any atom is -0.660 e. The molecule has 0 aromatic rings. The molecule has 0 aromatic heterocycles. The Morgan fingerprint density at radius 2 is 1.74 bits per heavy atom. The molecule has 111 valence electrons. The summed E-state index contributed by atoms with van der Waals surface area (Å²) in [4.78, 5) is 3.77. The van der Waals surface area contributed by atoms with E-state index < -0.39 is 12.0 Å². The second kappa shape index (κ2) is 9.72. The summed E-state index contributed by atoms with van der Waals surface area (Å²) in [7, 11) is 0. The number of rotatable bonds is 2. The third-order valence-electron chi connectivity index (χ3n) is 3.62. The Labute approximate surface area is 141 Å². The maximum absolute atomic E-state index is 14.0. The van der Waals surface area contributed by atoms with Gasteiger partial charge in [-0.15, -0.1) is 13.1 Å². The molecule has 19 heavy (non-hydrogen) atoms. The van der Waals surface area contributed by atoms with Crippen LogP contribution in [0.5, 0.6) is 0 Å². The predicted molar refractivity (Wildman–Crippen MR) is 71.5 cm³/mol. The van der Waals surface area contributed by atoms with Crippen LogP contribution < -0.4 is 0 Å². The van der Waals surface area contributed by atoms with Crippen molar-refractivity contribution in [2.45, 2.75) is 39.2 Å². The van der Waals surface area contributed by atoms with Crippen molar-refractivity contribution in [1.29, 1.82) is 0 Å². The van der Waals surface area contributed by atoms with E-state index in [-0.39, 0.29) is 39.3 Å². The Morgan fingerprint density at radius 3 is 2.21 bits per heavy atom. The molecule has 0 bridgehead atoms. The summed E-state index contributed by atoms with van der Waals surface area (Å²) < 4.78 is 28.0. The van der Waals surface area contributed by atoms with Gasteiger partial charge in [0.05, 0.1) is 12.6 Å². The molecule has 0 aliphatic carbocycles. The molecule has 0 N–H and O–H groups in total. The standard InChI is InChI=1S/C11H20F2N3.C2H6.Y/c1-2-15-6-3-10(11(12,13)9-15)16-7-4-14-5-8-16;1-2;/h10H,2-9H2,1H3;1-2H3;/q-1;;. The third kappa shape index (κ3) is 5.62. The largest absolute Gasteiger partial charge is 0.660 e. The number of hydrogen-bond acceptors (Lipinski definition) is 2. The molecule has 3 nitrogen and oxygen atoms in total. The molecule has 0 aromatic carbocycles. The van der Waals surface area contributed by atoms with Crippen molar-refractivity contribution < 1.29 is 41.5 Å². The van der Waals surface area contributed by atoms with Gasteiger partial charge in [-0.2, -0.15) is 0 Å². The van der Waals surface area contributed by atoms with Crippen LogP contribution in [0.2, 0.25) is 0 Å². The molecule has 2 heterocycles. The van der Waals surface area contributed by atoms with E-state index in [1.54, 1.807) is 0 Å². The number of alkyl halides is 2. The molecule has 1 radical (unpaired) electrons. The van der Waals surface area contributed by atoms with Crippen LogP contribution in [0.15, 0.2) is 0 Å². The van der Waals surface area contributed by atoms with Crippen molar-refractivity contribution in [3.05, 3.63) is 5.32 Å². The smallest absolute Gasteiger partial charge is 0.275 e. The molecule has 1 unspecified atom stereocenters. The second-order valence-electron chi connectivity index (χ2n) is 4.64. The number of nitrogens with zero attached hydrogens (tertiary/aromatic N) is 3. The molecule has 2 aliphatic heterocycles. The zero-order chi connectivity index (χ0) is 13.6. The van der Waals surface area contributed by atoms with Crippen LogP contribution >= 0.6 is 0 Å². The van der Waals surface area contributed by atoms with Crippen molar-refractivity contribution in [3.8, 4) is 0 Å². The first-order valence-electron chi connectivity index (χ1n) is 7.11. The summed E-state index contributed by atoms with van der Waals surface area (Å²) in [5.41, 5.74) is 0. The van der Waals surface area contributed by atoms with Gasteiger partial charge in [0.25, 0.3) is 5.92 Å². The molecule has 2 saturated heterocycles. The normalized spacial score (nSPS) is 27.9. The summed E-state index contributed by atoms with van der Waals surface area (Å²) in [5.74, 6) is -2.56. The molecule has 0 amide bonds. The molecule has 1 atom stereocenters. The number of piperidine rings is 1. The number of likely N-dealkylation sites (tertiary alicyclic amines) is 1. The first kappa shape index (κ1) is 19.8. The van der Waals surface area contributed by atoms with Gasteiger partial charge < -0.3 is 5.32 Å². The number of piperazine rings is 1. The van der Waals surface area contributed by atoms with Crippen LogP contribution in [0, 0.1) is 0 Å². The zero-order valence-electron chi connectivity index (χ0n) is 12.4. The van der Waals surface area contributed by atoms with Gasteiger partial charge in [-0.25, -0.2) is 8.78 Å². The van der Waals surface area contributed by atoms with E-state index in [1.807, 2.05) is 30.6 Å². The second-order valence-corrected chi connectivity index (χ2v) is 4.64. The molecule has 2 aliphatic rings. The van der Waals surface area contributed by atoms with E-state index in [0.717, 1.165) is 13.1 Å². The maximum Gasteiger partial charge on any atom is 0.275 e. The summed E-state index contributed by atoms with van der Waals surface area (Å²) in [5, 5.41) is 4.20. The predicted octanol–water partition coefficient (Wildman–Crippen LogP) is 2.43. The average molecular weight is 351 g/mol. The summed E-state index contributed by atoms with van der Waals surface area (Å²) in [6.07, 6.45) is 0.584. The molecular weight excluding hydrogens is 325 g/mol. The maximum atomic E-state index is 14.0. The van der Waals surface area contributed by atoms with Gasteiger partial charge in [-0.05, 0) is 26.1 Å². The van der Waals surface area contributed by atoms with Crippen LogP contribution in [-0.2, 0) is 32.7 Å². The van der Waals surface area contributed by atoms with Crippen molar-refractivity contribution in [3.63, 3.8) is 0 Å². The Hall–Kier alpha value is 0.844. The van der Waals surface area contributed by atoms with Crippen LogP contribution in [0.3, 0.4) is 0 Å².